The fourth-order valence-electron chi connectivity index (χ4n) is 5.23. The number of fused-ring (bicyclic) bond motifs is 1. The number of hydrogen-bond donors (Lipinski definition) is 0. The van der Waals surface area contributed by atoms with Crippen LogP contribution in [0.25, 0.3) is 0 Å². The lowest BCUT2D eigenvalue weighted by molar-refractivity contribution is -0.124. The van der Waals surface area contributed by atoms with E-state index in [9.17, 15) is 9.59 Å². The second kappa shape index (κ2) is 8.75. The largest absolute Gasteiger partial charge is 0.379 e. The van der Waals surface area contributed by atoms with Crippen LogP contribution in [0.15, 0.2) is 42.5 Å². The molecular formula is C26H30ClN3O3. The van der Waals surface area contributed by atoms with Crippen LogP contribution in [0.4, 0.5) is 11.4 Å². The highest BCUT2D eigenvalue weighted by Crippen LogP contribution is 2.42. The normalized spacial score (nSPS) is 22.6. The van der Waals surface area contributed by atoms with E-state index in [-0.39, 0.29) is 29.6 Å². The first kappa shape index (κ1) is 22.4. The molecule has 2 fully saturated rings. The van der Waals surface area contributed by atoms with Crippen LogP contribution in [0.2, 0.25) is 5.02 Å². The Kier molecular flexibility index (Phi) is 5.93. The summed E-state index contributed by atoms with van der Waals surface area (Å²) in [7, 11) is 0. The molecule has 3 aliphatic rings. The van der Waals surface area contributed by atoms with E-state index in [4.69, 9.17) is 16.3 Å². The lowest BCUT2D eigenvalue weighted by Gasteiger charge is -2.27. The molecule has 5 rings (SSSR count). The fraction of sp³-hybridized carbons (Fsp3) is 0.462. The van der Waals surface area contributed by atoms with Gasteiger partial charge in [0.1, 0.15) is 0 Å². The molecule has 0 radical (unpaired) electrons. The Balaban J connectivity index is 1.34. The van der Waals surface area contributed by atoms with Gasteiger partial charge in [-0.05, 0) is 35.4 Å². The number of carbonyl (C=O) groups is 2. The van der Waals surface area contributed by atoms with Crippen molar-refractivity contribution in [3.05, 3.63) is 58.6 Å². The summed E-state index contributed by atoms with van der Waals surface area (Å²) < 4.78 is 5.46. The lowest BCUT2D eigenvalue weighted by Crippen LogP contribution is -2.39. The van der Waals surface area contributed by atoms with E-state index in [1.165, 1.54) is 11.1 Å². The highest BCUT2D eigenvalue weighted by atomic mass is 35.5. The third-order valence-electron chi connectivity index (χ3n) is 7.00. The molecule has 0 saturated carbocycles. The van der Waals surface area contributed by atoms with Gasteiger partial charge < -0.3 is 14.5 Å². The maximum atomic E-state index is 13.6. The van der Waals surface area contributed by atoms with Crippen LogP contribution in [-0.4, -0.2) is 56.1 Å². The SMILES string of the molecule is CC1(C)CN(C(=O)[C@H]2CC(=O)N(c3cccc(Cl)c3)C2)c2ccc(CN3CCOCC3)cc21. The van der Waals surface area contributed by atoms with Crippen molar-refractivity contribution in [3.63, 3.8) is 0 Å². The molecule has 3 aliphatic heterocycles. The van der Waals surface area contributed by atoms with E-state index in [0.29, 0.717) is 18.1 Å². The van der Waals surface area contributed by atoms with E-state index in [0.717, 1.165) is 44.2 Å². The van der Waals surface area contributed by atoms with Gasteiger partial charge in [0.15, 0.2) is 0 Å². The Morgan fingerprint density at radius 3 is 2.70 bits per heavy atom. The van der Waals surface area contributed by atoms with Crippen LogP contribution in [0.5, 0.6) is 0 Å². The summed E-state index contributed by atoms with van der Waals surface area (Å²) in [5, 5.41) is 0.582. The Hall–Kier alpha value is -2.41. The molecule has 2 saturated heterocycles. The second-order valence-corrected chi connectivity index (χ2v) is 10.4. The highest BCUT2D eigenvalue weighted by molar-refractivity contribution is 6.31. The van der Waals surface area contributed by atoms with Crippen LogP contribution in [0.1, 0.15) is 31.4 Å². The molecule has 0 N–H and O–H groups in total. The van der Waals surface area contributed by atoms with Gasteiger partial charge in [-0.1, -0.05) is 43.6 Å². The van der Waals surface area contributed by atoms with Gasteiger partial charge in [-0.15, -0.1) is 0 Å². The number of halogens is 1. The molecular weight excluding hydrogens is 438 g/mol. The molecule has 6 nitrogen and oxygen atoms in total. The number of anilines is 2. The standard InChI is InChI=1S/C26H30ClN3O3/c1-26(2)17-30(23-7-6-18(12-22(23)26)15-28-8-10-33-11-9-28)25(32)19-13-24(31)29(16-19)21-5-3-4-20(27)14-21/h3-7,12,14,19H,8-11,13,15-17H2,1-2H3/t19-/m0/s1. The first-order valence-corrected chi connectivity index (χ1v) is 12.0. The van der Waals surface area contributed by atoms with Crippen molar-refractivity contribution in [1.82, 2.24) is 4.90 Å². The van der Waals surface area contributed by atoms with Crippen LogP contribution in [0, 0.1) is 5.92 Å². The minimum Gasteiger partial charge on any atom is -0.379 e. The van der Waals surface area contributed by atoms with Crippen molar-refractivity contribution in [2.24, 2.45) is 5.92 Å². The smallest absolute Gasteiger partial charge is 0.232 e. The van der Waals surface area contributed by atoms with Crippen molar-refractivity contribution < 1.29 is 14.3 Å². The zero-order valence-corrected chi connectivity index (χ0v) is 20.0. The predicted molar refractivity (Wildman–Crippen MR) is 130 cm³/mol. The molecule has 0 spiro atoms. The van der Waals surface area contributed by atoms with Gasteiger partial charge in [-0.25, -0.2) is 0 Å². The Morgan fingerprint density at radius 1 is 1.15 bits per heavy atom. The van der Waals surface area contributed by atoms with Crippen LogP contribution < -0.4 is 9.80 Å². The second-order valence-electron chi connectivity index (χ2n) is 9.93. The number of hydrogen-bond acceptors (Lipinski definition) is 4. The third kappa shape index (κ3) is 4.39. The molecule has 33 heavy (non-hydrogen) atoms. The molecule has 1 atom stereocenters. The van der Waals surface area contributed by atoms with Gasteiger partial charge in [0.25, 0.3) is 0 Å². The molecule has 2 aromatic rings. The Bertz CT molecular complexity index is 1080. The van der Waals surface area contributed by atoms with Gasteiger partial charge in [0.05, 0.1) is 19.1 Å². The molecule has 7 heteroatoms. The minimum atomic E-state index is -0.355. The number of morpholine rings is 1. The van der Waals surface area contributed by atoms with E-state index >= 15 is 0 Å². The highest BCUT2D eigenvalue weighted by Gasteiger charge is 2.43. The summed E-state index contributed by atoms with van der Waals surface area (Å²) in [5.74, 6) is -0.359. The van der Waals surface area contributed by atoms with Crippen molar-refractivity contribution in [3.8, 4) is 0 Å². The molecule has 0 bridgehead atoms. The van der Waals surface area contributed by atoms with Crippen LogP contribution >= 0.6 is 11.6 Å². The van der Waals surface area contributed by atoms with Crippen molar-refractivity contribution >= 4 is 34.8 Å². The van der Waals surface area contributed by atoms with Gasteiger partial charge in [0, 0.05) is 61.0 Å². The average molecular weight is 468 g/mol. The predicted octanol–water partition coefficient (Wildman–Crippen LogP) is 3.85. The van der Waals surface area contributed by atoms with Crippen molar-refractivity contribution in [2.75, 3.05) is 49.2 Å². The number of nitrogens with zero attached hydrogens (tertiary/aromatic N) is 3. The molecule has 0 aromatic heterocycles. The number of ether oxygens (including phenoxy) is 1. The fourth-order valence-corrected chi connectivity index (χ4v) is 5.41. The van der Waals surface area contributed by atoms with Crippen molar-refractivity contribution in [1.29, 1.82) is 0 Å². The summed E-state index contributed by atoms with van der Waals surface area (Å²) in [5.41, 5.74) is 4.06. The Labute approximate surface area is 200 Å². The summed E-state index contributed by atoms with van der Waals surface area (Å²) in [6.07, 6.45) is 0.229. The van der Waals surface area contributed by atoms with Gasteiger partial charge >= 0.3 is 0 Å². The van der Waals surface area contributed by atoms with E-state index < -0.39 is 0 Å². The maximum absolute atomic E-state index is 13.6. The molecule has 174 valence electrons. The topological polar surface area (TPSA) is 53.1 Å². The molecule has 3 heterocycles. The van der Waals surface area contributed by atoms with E-state index in [1.807, 2.05) is 17.0 Å². The number of rotatable bonds is 4. The summed E-state index contributed by atoms with van der Waals surface area (Å²) >= 11 is 6.11. The van der Waals surface area contributed by atoms with Gasteiger partial charge in [-0.3, -0.25) is 14.5 Å². The maximum Gasteiger partial charge on any atom is 0.232 e. The number of carbonyl (C=O) groups excluding carboxylic acids is 2. The molecule has 2 amide bonds. The van der Waals surface area contributed by atoms with Gasteiger partial charge in [0.2, 0.25) is 11.8 Å². The summed E-state index contributed by atoms with van der Waals surface area (Å²) in [4.78, 5) is 32.3. The van der Waals surface area contributed by atoms with Crippen molar-refractivity contribution in [2.45, 2.75) is 32.2 Å². The molecule has 0 unspecified atom stereocenters. The quantitative estimate of drug-likeness (QED) is 0.685. The first-order chi connectivity index (χ1) is 15.8. The minimum absolute atomic E-state index is 0.0284. The van der Waals surface area contributed by atoms with Crippen LogP contribution in [0.3, 0.4) is 0 Å². The van der Waals surface area contributed by atoms with Crippen LogP contribution in [-0.2, 0) is 26.3 Å². The van der Waals surface area contributed by atoms with E-state index in [1.54, 1.807) is 17.0 Å². The number of amides is 2. The van der Waals surface area contributed by atoms with Gasteiger partial charge in [-0.2, -0.15) is 0 Å². The summed E-state index contributed by atoms with van der Waals surface area (Å²) in [6, 6.07) is 13.7. The molecule has 2 aromatic carbocycles. The zero-order chi connectivity index (χ0) is 23.2. The van der Waals surface area contributed by atoms with E-state index in [2.05, 4.69) is 36.9 Å². The first-order valence-electron chi connectivity index (χ1n) is 11.6. The summed E-state index contributed by atoms with van der Waals surface area (Å²) in [6.45, 7) is 9.76. The molecule has 0 aliphatic carbocycles. The monoisotopic (exact) mass is 467 g/mol. The Morgan fingerprint density at radius 2 is 1.94 bits per heavy atom. The zero-order valence-electron chi connectivity index (χ0n) is 19.2. The number of benzene rings is 2. The third-order valence-corrected chi connectivity index (χ3v) is 7.24. The average Bonchev–Trinajstić information content (AvgIpc) is 3.31. The lowest BCUT2D eigenvalue weighted by atomic mass is 9.86.